The predicted octanol–water partition coefficient (Wildman–Crippen LogP) is 2.27. The lowest BCUT2D eigenvalue weighted by Gasteiger charge is -2.10. The third-order valence-electron chi connectivity index (χ3n) is 2.71. The van der Waals surface area contributed by atoms with Crippen molar-refractivity contribution in [1.82, 2.24) is 4.98 Å². The second kappa shape index (κ2) is 9.09. The first-order valence-electron chi connectivity index (χ1n) is 6.87. The van der Waals surface area contributed by atoms with E-state index in [1.807, 2.05) is 0 Å². The van der Waals surface area contributed by atoms with Crippen molar-refractivity contribution >= 4 is 11.4 Å². The lowest BCUT2D eigenvalue weighted by Crippen LogP contribution is -2.13. The first-order valence-corrected chi connectivity index (χ1v) is 6.87. The normalized spacial score (nSPS) is 12.0. The average molecular weight is 314 g/mol. The van der Waals surface area contributed by atoms with Gasteiger partial charge in [0.05, 0.1) is 24.1 Å². The number of hydrogen-bond acceptors (Lipinski definition) is 5. The van der Waals surface area contributed by atoms with Crippen molar-refractivity contribution in [3.63, 3.8) is 0 Å². The van der Waals surface area contributed by atoms with Crippen molar-refractivity contribution < 1.29 is 23.0 Å². The van der Waals surface area contributed by atoms with Crippen LogP contribution < -0.4 is 10.5 Å². The van der Waals surface area contributed by atoms with E-state index in [1.54, 1.807) is 26.0 Å². The van der Waals surface area contributed by atoms with Gasteiger partial charge in [0, 0.05) is 12.1 Å². The van der Waals surface area contributed by atoms with Gasteiger partial charge < -0.3 is 15.2 Å². The molecule has 1 heterocycles. The highest BCUT2D eigenvalue weighted by molar-refractivity contribution is 6.20. The molecule has 0 aliphatic rings. The monoisotopic (exact) mass is 314 g/mol. The summed E-state index contributed by atoms with van der Waals surface area (Å²) >= 11 is 0. The maximum Gasteiger partial charge on any atom is 0.261 e. The molecule has 0 saturated heterocycles. The summed E-state index contributed by atoms with van der Waals surface area (Å²) in [6.07, 6.45) is 0.198. The minimum atomic E-state index is -2.49. The molecule has 0 saturated carbocycles. The number of pyridine rings is 1. The Bertz CT molecular complexity index is 502. The molecular weight excluding hydrogens is 294 g/mol. The Morgan fingerprint density at radius 2 is 2.09 bits per heavy atom. The Balaban J connectivity index is 2.54. The van der Waals surface area contributed by atoms with Gasteiger partial charge >= 0.3 is 0 Å². The Labute approximate surface area is 128 Å². The SMILES string of the molecule is CC(C)C(=O)C(=CN)c1ccc(OCCOCC(F)F)cn1. The molecule has 7 heteroatoms. The molecule has 22 heavy (non-hydrogen) atoms. The van der Waals surface area contributed by atoms with Crippen LogP contribution in [0.15, 0.2) is 24.5 Å². The number of allylic oxidation sites excluding steroid dienone is 1. The molecule has 0 fully saturated rings. The zero-order chi connectivity index (χ0) is 16.5. The van der Waals surface area contributed by atoms with E-state index in [2.05, 4.69) is 9.72 Å². The van der Waals surface area contributed by atoms with Gasteiger partial charge in [-0.3, -0.25) is 9.78 Å². The number of ketones is 1. The standard InChI is InChI=1S/C15H20F2N2O3/c1-10(2)15(20)12(7-18)13-4-3-11(8-19-13)22-6-5-21-9-14(16)17/h3-4,7-8,10,14H,5-6,9,18H2,1-2H3. The molecule has 2 N–H and O–H groups in total. The maximum absolute atomic E-state index is 12.0. The first kappa shape index (κ1) is 18.0. The van der Waals surface area contributed by atoms with Crippen molar-refractivity contribution in [3.8, 4) is 5.75 Å². The smallest absolute Gasteiger partial charge is 0.261 e. The van der Waals surface area contributed by atoms with Crippen molar-refractivity contribution in [2.45, 2.75) is 20.3 Å². The number of nitrogens with two attached hydrogens (primary N) is 1. The second-order valence-electron chi connectivity index (χ2n) is 4.79. The Morgan fingerprint density at radius 1 is 1.36 bits per heavy atom. The Kier molecular flexibility index (Phi) is 7.45. The van der Waals surface area contributed by atoms with Crippen LogP contribution in [0.5, 0.6) is 5.75 Å². The van der Waals surface area contributed by atoms with Crippen molar-refractivity contribution in [2.75, 3.05) is 19.8 Å². The number of hydrogen-bond donors (Lipinski definition) is 1. The zero-order valence-electron chi connectivity index (χ0n) is 12.6. The molecule has 0 bridgehead atoms. The number of halogens is 2. The van der Waals surface area contributed by atoms with Gasteiger partial charge in [-0.15, -0.1) is 0 Å². The summed E-state index contributed by atoms with van der Waals surface area (Å²) in [5, 5.41) is 0. The third-order valence-corrected chi connectivity index (χ3v) is 2.71. The topological polar surface area (TPSA) is 74.4 Å². The fourth-order valence-electron chi connectivity index (χ4n) is 1.62. The predicted molar refractivity (Wildman–Crippen MR) is 78.6 cm³/mol. The molecule has 1 rings (SSSR count). The van der Waals surface area contributed by atoms with Crippen LogP contribution in [0, 0.1) is 5.92 Å². The van der Waals surface area contributed by atoms with E-state index < -0.39 is 13.0 Å². The summed E-state index contributed by atoms with van der Waals surface area (Å²) in [6, 6.07) is 3.25. The zero-order valence-corrected chi connectivity index (χ0v) is 12.6. The average Bonchev–Trinajstić information content (AvgIpc) is 2.48. The number of alkyl halides is 2. The van der Waals surface area contributed by atoms with Gasteiger partial charge in [0.1, 0.15) is 19.0 Å². The Hall–Kier alpha value is -2.02. The Morgan fingerprint density at radius 3 is 2.59 bits per heavy atom. The first-order chi connectivity index (χ1) is 10.5. The van der Waals surface area contributed by atoms with Crippen LogP contribution in [-0.2, 0) is 9.53 Å². The van der Waals surface area contributed by atoms with Crippen molar-refractivity contribution in [2.24, 2.45) is 11.7 Å². The van der Waals surface area contributed by atoms with Gasteiger partial charge in [-0.2, -0.15) is 0 Å². The molecule has 0 spiro atoms. The summed E-state index contributed by atoms with van der Waals surface area (Å²) in [6.45, 7) is 3.15. The fourth-order valence-corrected chi connectivity index (χ4v) is 1.62. The van der Waals surface area contributed by atoms with E-state index in [9.17, 15) is 13.6 Å². The third kappa shape index (κ3) is 5.77. The van der Waals surface area contributed by atoms with E-state index in [1.165, 1.54) is 12.4 Å². The van der Waals surface area contributed by atoms with Crippen LogP contribution in [-0.4, -0.2) is 37.0 Å². The second-order valence-corrected chi connectivity index (χ2v) is 4.79. The molecular formula is C15H20F2N2O3. The quantitative estimate of drug-likeness (QED) is 0.559. The van der Waals surface area contributed by atoms with Crippen LogP contribution in [0.1, 0.15) is 19.5 Å². The highest BCUT2D eigenvalue weighted by Gasteiger charge is 2.16. The van der Waals surface area contributed by atoms with E-state index in [0.717, 1.165) is 0 Å². The van der Waals surface area contributed by atoms with E-state index in [0.29, 0.717) is 17.0 Å². The summed E-state index contributed by atoms with van der Waals surface area (Å²) < 4.78 is 33.7. The van der Waals surface area contributed by atoms with Gasteiger partial charge in [-0.1, -0.05) is 13.8 Å². The van der Waals surface area contributed by atoms with Crippen LogP contribution in [0.2, 0.25) is 0 Å². The number of carbonyl (C=O) groups excluding carboxylic acids is 1. The van der Waals surface area contributed by atoms with Crippen LogP contribution in [0.25, 0.3) is 5.57 Å². The number of nitrogens with zero attached hydrogens (tertiary/aromatic N) is 1. The molecule has 0 unspecified atom stereocenters. The van der Waals surface area contributed by atoms with E-state index in [-0.39, 0.29) is 24.9 Å². The molecule has 0 atom stereocenters. The summed E-state index contributed by atoms with van der Waals surface area (Å²) in [5.41, 5.74) is 6.30. The molecule has 122 valence electrons. The van der Waals surface area contributed by atoms with Gasteiger partial charge in [0.2, 0.25) is 0 Å². The lowest BCUT2D eigenvalue weighted by atomic mass is 9.99. The molecule has 0 aromatic carbocycles. The van der Waals surface area contributed by atoms with Gasteiger partial charge in [-0.05, 0) is 12.1 Å². The molecule has 5 nitrogen and oxygen atoms in total. The van der Waals surface area contributed by atoms with Crippen LogP contribution in [0.3, 0.4) is 0 Å². The molecule has 1 aromatic heterocycles. The molecule has 1 aromatic rings. The minimum absolute atomic E-state index is 0.0614. The molecule has 0 amide bonds. The highest BCUT2D eigenvalue weighted by atomic mass is 19.3. The van der Waals surface area contributed by atoms with E-state index >= 15 is 0 Å². The molecule has 0 aliphatic heterocycles. The summed E-state index contributed by atoms with van der Waals surface area (Å²) in [5.74, 6) is 0.182. The highest BCUT2D eigenvalue weighted by Crippen LogP contribution is 2.18. The molecule has 0 aliphatic carbocycles. The largest absolute Gasteiger partial charge is 0.490 e. The van der Waals surface area contributed by atoms with Crippen LogP contribution in [0.4, 0.5) is 8.78 Å². The fraction of sp³-hybridized carbons (Fsp3) is 0.467. The van der Waals surface area contributed by atoms with Crippen molar-refractivity contribution in [3.05, 3.63) is 30.2 Å². The van der Waals surface area contributed by atoms with Crippen molar-refractivity contribution in [1.29, 1.82) is 0 Å². The molecule has 0 radical (unpaired) electrons. The maximum atomic E-state index is 12.0. The number of ether oxygens (including phenoxy) is 2. The number of carbonyl (C=O) groups is 1. The number of Topliss-reactive ketones (excluding diaryl/α,β-unsaturated/α-hetero) is 1. The number of aromatic nitrogens is 1. The lowest BCUT2D eigenvalue weighted by molar-refractivity contribution is -0.116. The number of rotatable bonds is 9. The van der Waals surface area contributed by atoms with E-state index in [4.69, 9.17) is 10.5 Å². The minimum Gasteiger partial charge on any atom is -0.490 e. The van der Waals surface area contributed by atoms with Gasteiger partial charge in [0.25, 0.3) is 6.43 Å². The summed E-state index contributed by atoms with van der Waals surface area (Å²) in [4.78, 5) is 16.1. The summed E-state index contributed by atoms with van der Waals surface area (Å²) in [7, 11) is 0. The van der Waals surface area contributed by atoms with Crippen LogP contribution >= 0.6 is 0 Å². The van der Waals surface area contributed by atoms with Gasteiger partial charge in [-0.25, -0.2) is 8.78 Å². The van der Waals surface area contributed by atoms with Gasteiger partial charge in [0.15, 0.2) is 5.78 Å².